The summed E-state index contributed by atoms with van der Waals surface area (Å²) in [4.78, 5) is 19.3. The van der Waals surface area contributed by atoms with Crippen molar-refractivity contribution in [2.75, 3.05) is 23.3 Å². The van der Waals surface area contributed by atoms with Crippen molar-refractivity contribution in [1.82, 2.24) is 9.55 Å². The molecule has 0 aliphatic carbocycles. The largest absolute Gasteiger partial charge is 0.416 e. The van der Waals surface area contributed by atoms with Crippen molar-refractivity contribution in [3.8, 4) is 0 Å². The molecule has 3 heterocycles. The fraction of sp³-hybridized carbons (Fsp3) is 0.200. The van der Waals surface area contributed by atoms with E-state index >= 15 is 0 Å². The van der Waals surface area contributed by atoms with Gasteiger partial charge in [0.15, 0.2) is 0 Å². The van der Waals surface area contributed by atoms with Gasteiger partial charge in [-0.3, -0.25) is 4.79 Å². The van der Waals surface area contributed by atoms with E-state index in [1.165, 1.54) is 36.5 Å². The van der Waals surface area contributed by atoms with Gasteiger partial charge in [-0.25, -0.2) is 9.37 Å². The van der Waals surface area contributed by atoms with E-state index in [0.29, 0.717) is 35.7 Å². The van der Waals surface area contributed by atoms with Gasteiger partial charge >= 0.3 is 6.18 Å². The normalized spacial score (nSPS) is 14.3. The van der Waals surface area contributed by atoms with Gasteiger partial charge in [0.05, 0.1) is 23.6 Å². The molecule has 2 N–H and O–H groups in total. The van der Waals surface area contributed by atoms with Crippen molar-refractivity contribution in [2.24, 2.45) is 0 Å². The number of rotatable bonds is 5. The van der Waals surface area contributed by atoms with Gasteiger partial charge in [-0.15, -0.1) is 0 Å². The molecule has 1 saturated heterocycles. The fourth-order valence-electron chi connectivity index (χ4n) is 4.11. The predicted molar refractivity (Wildman–Crippen MR) is 123 cm³/mol. The molecule has 1 aliphatic rings. The fourth-order valence-corrected chi connectivity index (χ4v) is 4.11. The van der Waals surface area contributed by atoms with E-state index in [4.69, 9.17) is 0 Å². The van der Waals surface area contributed by atoms with Crippen LogP contribution in [0.2, 0.25) is 0 Å². The summed E-state index contributed by atoms with van der Waals surface area (Å²) in [5, 5.41) is 12.4. The zero-order valence-corrected chi connectivity index (χ0v) is 18.3. The molecular weight excluding hydrogens is 464 g/mol. The van der Waals surface area contributed by atoms with E-state index in [-0.39, 0.29) is 23.7 Å². The Labute approximate surface area is 197 Å². The van der Waals surface area contributed by atoms with Crippen molar-refractivity contribution in [2.45, 2.75) is 18.8 Å². The van der Waals surface area contributed by atoms with E-state index in [0.717, 1.165) is 12.1 Å². The van der Waals surface area contributed by atoms with Crippen molar-refractivity contribution in [1.29, 1.82) is 0 Å². The molecule has 180 valence electrons. The van der Waals surface area contributed by atoms with Crippen molar-refractivity contribution >= 4 is 28.3 Å². The van der Waals surface area contributed by atoms with Gasteiger partial charge in [-0.05, 0) is 54.1 Å². The molecule has 0 spiro atoms. The second-order valence-electron chi connectivity index (χ2n) is 8.44. The van der Waals surface area contributed by atoms with Gasteiger partial charge in [0.1, 0.15) is 17.3 Å². The highest BCUT2D eigenvalue weighted by molar-refractivity contribution is 6.06. The highest BCUT2D eigenvalue weighted by Crippen LogP contribution is 2.33. The lowest BCUT2D eigenvalue weighted by Crippen LogP contribution is -2.51. The van der Waals surface area contributed by atoms with Crippen LogP contribution in [0.4, 0.5) is 29.1 Å². The molecule has 4 aromatic rings. The predicted octanol–water partition coefficient (Wildman–Crippen LogP) is 4.68. The van der Waals surface area contributed by atoms with E-state index in [9.17, 15) is 27.5 Å². The zero-order valence-electron chi connectivity index (χ0n) is 18.3. The first kappa shape index (κ1) is 22.9. The molecule has 10 heteroatoms. The van der Waals surface area contributed by atoms with E-state index < -0.39 is 23.5 Å². The molecule has 0 atom stereocenters. The third-order valence-corrected chi connectivity index (χ3v) is 5.88. The van der Waals surface area contributed by atoms with E-state index in [1.807, 2.05) is 4.90 Å². The summed E-state index contributed by atoms with van der Waals surface area (Å²) >= 11 is 0. The average molecular weight is 484 g/mol. The van der Waals surface area contributed by atoms with Crippen molar-refractivity contribution < 1.29 is 27.5 Å². The first-order chi connectivity index (χ1) is 16.7. The van der Waals surface area contributed by atoms with Crippen molar-refractivity contribution in [3.05, 3.63) is 89.5 Å². The third-order valence-electron chi connectivity index (χ3n) is 5.88. The van der Waals surface area contributed by atoms with Crippen LogP contribution in [0, 0.1) is 5.82 Å². The molecule has 0 saturated carbocycles. The smallest absolute Gasteiger partial charge is 0.389 e. The van der Waals surface area contributed by atoms with Gasteiger partial charge in [0.2, 0.25) is 0 Å². The van der Waals surface area contributed by atoms with Crippen LogP contribution in [0.25, 0.3) is 10.9 Å². The number of aliphatic hydroxyl groups is 1. The minimum atomic E-state index is -4.53. The summed E-state index contributed by atoms with van der Waals surface area (Å²) in [5.74, 6) is -0.335. The molecule has 1 aliphatic heterocycles. The second-order valence-corrected chi connectivity index (χ2v) is 8.44. The van der Waals surface area contributed by atoms with Crippen LogP contribution < -0.4 is 10.2 Å². The minimum Gasteiger partial charge on any atom is -0.389 e. The quantitative estimate of drug-likeness (QED) is 0.404. The zero-order chi connectivity index (χ0) is 24.7. The highest BCUT2D eigenvalue weighted by Gasteiger charge is 2.31. The molecule has 1 fully saturated rings. The van der Waals surface area contributed by atoms with Crippen LogP contribution in [-0.2, 0) is 12.7 Å². The molecule has 1 amide bonds. The summed E-state index contributed by atoms with van der Waals surface area (Å²) in [6.45, 7) is 1.06. The number of nitrogens with one attached hydrogen (secondary N) is 1. The molecular formula is C25H20F4N4O2. The molecule has 2 aromatic carbocycles. The number of hydrogen-bond acceptors (Lipinski definition) is 4. The molecule has 5 rings (SSSR count). The lowest BCUT2D eigenvalue weighted by atomic mass is 10.1. The number of β-amino-alcohol motifs (C(OH)–C–C–N with tert-alkyl or cyclic N) is 1. The molecule has 0 unspecified atom stereocenters. The first-order valence-electron chi connectivity index (χ1n) is 10.8. The number of fused-ring (bicyclic) bond motifs is 1. The standard InChI is InChI=1S/C25H20F4N4O2/c26-18-3-1-2-15(8-18)12-33-21-6-4-17(25(27,28)29)9-16(21)10-22(33)24(35)31-19-5-7-23(30-11-19)32-13-20(34)14-32/h1-11,20,34H,12-14H2,(H,31,35). The minimum absolute atomic E-state index is 0.0872. The number of nitrogens with zero attached hydrogens (tertiary/aromatic N) is 3. The summed E-state index contributed by atoms with van der Waals surface area (Å²) in [6, 6.07) is 13.8. The Kier molecular flexibility index (Phi) is 5.68. The number of aromatic nitrogens is 2. The summed E-state index contributed by atoms with van der Waals surface area (Å²) in [6.07, 6.45) is -3.44. The number of carbonyl (C=O) groups excluding carboxylic acids is 1. The monoisotopic (exact) mass is 484 g/mol. The maximum atomic E-state index is 13.7. The SMILES string of the molecule is O=C(Nc1ccc(N2CC(O)C2)nc1)c1cc2cc(C(F)(F)F)ccc2n1Cc1cccc(F)c1. The lowest BCUT2D eigenvalue weighted by molar-refractivity contribution is -0.137. The molecule has 0 bridgehead atoms. The summed E-state index contributed by atoms with van der Waals surface area (Å²) in [7, 11) is 0. The average Bonchev–Trinajstić information content (AvgIpc) is 3.15. The van der Waals surface area contributed by atoms with Crippen LogP contribution in [-0.4, -0.2) is 39.8 Å². The Morgan fingerprint density at radius 1 is 1.09 bits per heavy atom. The summed E-state index contributed by atoms with van der Waals surface area (Å²) in [5.41, 5.74) is 0.670. The number of alkyl halides is 3. The van der Waals surface area contributed by atoms with Crippen LogP contribution in [0.1, 0.15) is 21.6 Å². The summed E-state index contributed by atoms with van der Waals surface area (Å²) < 4.78 is 55.0. The maximum absolute atomic E-state index is 13.7. The van der Waals surface area contributed by atoms with E-state index in [2.05, 4.69) is 10.3 Å². The molecule has 6 nitrogen and oxygen atoms in total. The number of benzene rings is 2. The second kappa shape index (κ2) is 8.70. The number of carbonyl (C=O) groups is 1. The number of aliphatic hydroxyl groups excluding tert-OH is 1. The first-order valence-corrected chi connectivity index (χ1v) is 10.8. The van der Waals surface area contributed by atoms with Gasteiger partial charge < -0.3 is 19.9 Å². The molecule has 0 radical (unpaired) electrons. The van der Waals surface area contributed by atoms with Crippen LogP contribution in [0.5, 0.6) is 0 Å². The van der Waals surface area contributed by atoms with Gasteiger partial charge in [0.25, 0.3) is 5.91 Å². The Morgan fingerprint density at radius 2 is 1.89 bits per heavy atom. The number of anilines is 2. The Hall–Kier alpha value is -3.92. The van der Waals surface area contributed by atoms with Gasteiger partial charge in [-0.1, -0.05) is 12.1 Å². The third kappa shape index (κ3) is 4.69. The number of amides is 1. The van der Waals surface area contributed by atoms with Crippen molar-refractivity contribution in [3.63, 3.8) is 0 Å². The Balaban J connectivity index is 1.47. The van der Waals surface area contributed by atoms with Crippen LogP contribution in [0.15, 0.2) is 66.9 Å². The number of halogens is 4. The van der Waals surface area contributed by atoms with Gasteiger partial charge in [0, 0.05) is 30.5 Å². The number of pyridine rings is 1. The molecule has 35 heavy (non-hydrogen) atoms. The van der Waals surface area contributed by atoms with Crippen LogP contribution in [0.3, 0.4) is 0 Å². The highest BCUT2D eigenvalue weighted by atomic mass is 19.4. The van der Waals surface area contributed by atoms with E-state index in [1.54, 1.807) is 22.8 Å². The van der Waals surface area contributed by atoms with Crippen LogP contribution >= 0.6 is 0 Å². The van der Waals surface area contributed by atoms with Gasteiger partial charge in [-0.2, -0.15) is 13.2 Å². The number of hydrogen-bond donors (Lipinski definition) is 2. The topological polar surface area (TPSA) is 70.4 Å². The maximum Gasteiger partial charge on any atom is 0.416 e. The Bertz CT molecular complexity index is 1390. The molecule has 2 aromatic heterocycles. The lowest BCUT2D eigenvalue weighted by Gasteiger charge is -2.36. The Morgan fingerprint density at radius 3 is 2.54 bits per heavy atom.